The van der Waals surface area contributed by atoms with Crippen LogP contribution in [0.5, 0.6) is 0 Å². The van der Waals surface area contributed by atoms with E-state index in [4.69, 9.17) is 0 Å². The van der Waals surface area contributed by atoms with Gasteiger partial charge >= 0.3 is 12.4 Å². The van der Waals surface area contributed by atoms with Gasteiger partial charge in [0.05, 0.1) is 0 Å². The summed E-state index contributed by atoms with van der Waals surface area (Å²) in [6, 6.07) is 0. The molecule has 16 heavy (non-hydrogen) atoms. The SMILES string of the molecule is CC(OCC(F)(F)F)(C1CCC1)C(F)(F)F. The molecule has 0 radical (unpaired) electrons. The average molecular weight is 250 g/mol. The summed E-state index contributed by atoms with van der Waals surface area (Å²) < 4.78 is 77.7. The summed E-state index contributed by atoms with van der Waals surface area (Å²) in [5, 5.41) is 0. The standard InChI is InChI=1S/C9H12F6O/c1-7(9(13,14)15,6-3-2-4-6)16-5-8(10,11)12/h6H,2-5H2,1H3. The third-order valence-electron chi connectivity index (χ3n) is 2.98. The van der Waals surface area contributed by atoms with E-state index in [0.29, 0.717) is 13.3 Å². The molecule has 1 rings (SSSR count). The minimum Gasteiger partial charge on any atom is -0.356 e. The summed E-state index contributed by atoms with van der Waals surface area (Å²) in [5.74, 6) is -0.866. The van der Waals surface area contributed by atoms with Crippen LogP contribution in [-0.2, 0) is 4.74 Å². The highest BCUT2D eigenvalue weighted by Gasteiger charge is 2.59. The lowest BCUT2D eigenvalue weighted by atomic mass is 9.73. The van der Waals surface area contributed by atoms with Crippen LogP contribution in [0.15, 0.2) is 0 Å². The molecule has 0 aromatic rings. The molecule has 0 N–H and O–H groups in total. The van der Waals surface area contributed by atoms with Crippen LogP contribution in [0.25, 0.3) is 0 Å². The Labute approximate surface area is 88.8 Å². The molecule has 1 fully saturated rings. The molecule has 0 aromatic heterocycles. The van der Waals surface area contributed by atoms with Crippen LogP contribution in [0.3, 0.4) is 0 Å². The summed E-state index contributed by atoms with van der Waals surface area (Å²) >= 11 is 0. The fourth-order valence-corrected chi connectivity index (χ4v) is 1.62. The second kappa shape index (κ2) is 4.09. The Morgan fingerprint density at radius 3 is 1.81 bits per heavy atom. The Hall–Kier alpha value is -0.460. The maximum atomic E-state index is 12.7. The van der Waals surface area contributed by atoms with Crippen LogP contribution in [0.2, 0.25) is 0 Å². The van der Waals surface area contributed by atoms with E-state index in [1.165, 1.54) is 0 Å². The van der Waals surface area contributed by atoms with E-state index in [9.17, 15) is 26.3 Å². The molecule has 1 nitrogen and oxygen atoms in total. The van der Waals surface area contributed by atoms with Gasteiger partial charge < -0.3 is 4.74 Å². The third kappa shape index (κ3) is 2.81. The van der Waals surface area contributed by atoms with Crippen LogP contribution >= 0.6 is 0 Å². The Kier molecular flexibility index (Phi) is 3.47. The molecule has 1 saturated carbocycles. The van der Waals surface area contributed by atoms with Crippen molar-refractivity contribution in [3.63, 3.8) is 0 Å². The largest absolute Gasteiger partial charge is 0.417 e. The van der Waals surface area contributed by atoms with Gasteiger partial charge in [0.15, 0.2) is 5.60 Å². The summed E-state index contributed by atoms with van der Waals surface area (Å²) in [6.07, 6.45) is -8.40. The van der Waals surface area contributed by atoms with Crippen LogP contribution in [0, 0.1) is 5.92 Å². The Morgan fingerprint density at radius 2 is 1.56 bits per heavy atom. The van der Waals surface area contributed by atoms with E-state index in [2.05, 4.69) is 4.74 Å². The maximum Gasteiger partial charge on any atom is 0.417 e. The molecule has 0 amide bonds. The lowest BCUT2D eigenvalue weighted by Gasteiger charge is -2.43. The first-order valence-electron chi connectivity index (χ1n) is 4.84. The van der Waals surface area contributed by atoms with Gasteiger partial charge in [-0.2, -0.15) is 26.3 Å². The molecule has 1 aliphatic carbocycles. The van der Waals surface area contributed by atoms with Crippen molar-refractivity contribution in [1.29, 1.82) is 0 Å². The highest BCUT2D eigenvalue weighted by Crippen LogP contribution is 2.48. The van der Waals surface area contributed by atoms with Crippen LogP contribution in [0.4, 0.5) is 26.3 Å². The molecule has 0 saturated heterocycles. The predicted octanol–water partition coefficient (Wildman–Crippen LogP) is 3.69. The van der Waals surface area contributed by atoms with Crippen LogP contribution in [-0.4, -0.2) is 24.6 Å². The van der Waals surface area contributed by atoms with Crippen molar-refractivity contribution in [3.8, 4) is 0 Å². The van der Waals surface area contributed by atoms with Gasteiger partial charge in [0.25, 0.3) is 0 Å². The fraction of sp³-hybridized carbons (Fsp3) is 1.00. The lowest BCUT2D eigenvalue weighted by molar-refractivity contribution is -0.320. The second-order valence-corrected chi connectivity index (χ2v) is 4.14. The second-order valence-electron chi connectivity index (χ2n) is 4.14. The van der Waals surface area contributed by atoms with Gasteiger partial charge in [-0.25, -0.2) is 0 Å². The Bertz CT molecular complexity index is 241. The van der Waals surface area contributed by atoms with Crippen molar-refractivity contribution < 1.29 is 31.1 Å². The van der Waals surface area contributed by atoms with Crippen LogP contribution < -0.4 is 0 Å². The van der Waals surface area contributed by atoms with Crippen molar-refractivity contribution in [1.82, 2.24) is 0 Å². The molecule has 96 valence electrons. The zero-order valence-electron chi connectivity index (χ0n) is 8.58. The molecule has 0 bridgehead atoms. The summed E-state index contributed by atoms with van der Waals surface area (Å²) in [7, 11) is 0. The monoisotopic (exact) mass is 250 g/mol. The van der Waals surface area contributed by atoms with E-state index >= 15 is 0 Å². The third-order valence-corrected chi connectivity index (χ3v) is 2.98. The quantitative estimate of drug-likeness (QED) is 0.694. The van der Waals surface area contributed by atoms with Crippen LogP contribution in [0.1, 0.15) is 26.2 Å². The number of halogens is 6. The van der Waals surface area contributed by atoms with Gasteiger partial charge in [-0.15, -0.1) is 0 Å². The smallest absolute Gasteiger partial charge is 0.356 e. The molecule has 0 spiro atoms. The summed E-state index contributed by atoms with van der Waals surface area (Å²) in [6.45, 7) is -1.16. The minimum absolute atomic E-state index is 0.258. The van der Waals surface area contributed by atoms with E-state index in [-0.39, 0.29) is 12.8 Å². The highest BCUT2D eigenvalue weighted by atomic mass is 19.4. The fourth-order valence-electron chi connectivity index (χ4n) is 1.62. The number of ether oxygens (including phenoxy) is 1. The van der Waals surface area contributed by atoms with Gasteiger partial charge in [-0.05, 0) is 25.7 Å². The zero-order valence-corrected chi connectivity index (χ0v) is 8.58. The molecular formula is C9H12F6O. The Balaban J connectivity index is 2.72. The molecule has 0 heterocycles. The van der Waals surface area contributed by atoms with Gasteiger partial charge in [0.1, 0.15) is 6.61 Å². The van der Waals surface area contributed by atoms with E-state index < -0.39 is 30.5 Å². The molecule has 1 unspecified atom stereocenters. The van der Waals surface area contributed by atoms with E-state index in [1.54, 1.807) is 0 Å². The van der Waals surface area contributed by atoms with Gasteiger partial charge in [0.2, 0.25) is 0 Å². The topological polar surface area (TPSA) is 9.23 Å². The molecule has 0 aliphatic heterocycles. The number of alkyl halides is 6. The van der Waals surface area contributed by atoms with Gasteiger partial charge in [0, 0.05) is 0 Å². The van der Waals surface area contributed by atoms with Gasteiger partial charge in [-0.1, -0.05) is 6.42 Å². The zero-order chi connectivity index (χ0) is 12.6. The molecule has 7 heteroatoms. The summed E-state index contributed by atoms with van der Waals surface area (Å²) in [5.41, 5.74) is -2.68. The van der Waals surface area contributed by atoms with Crippen molar-refractivity contribution >= 4 is 0 Å². The lowest BCUT2D eigenvalue weighted by Crippen LogP contribution is -2.54. The summed E-state index contributed by atoms with van der Waals surface area (Å²) in [4.78, 5) is 0. The van der Waals surface area contributed by atoms with E-state index in [1.807, 2.05) is 0 Å². The predicted molar refractivity (Wildman–Crippen MR) is 43.8 cm³/mol. The molecule has 1 aliphatic rings. The number of hydrogen-bond donors (Lipinski definition) is 0. The average Bonchev–Trinajstić information content (AvgIpc) is 1.93. The molecular weight excluding hydrogens is 238 g/mol. The van der Waals surface area contributed by atoms with Crippen molar-refractivity contribution in [3.05, 3.63) is 0 Å². The number of hydrogen-bond acceptors (Lipinski definition) is 1. The maximum absolute atomic E-state index is 12.7. The highest BCUT2D eigenvalue weighted by molar-refractivity contribution is 4.95. The first-order chi connectivity index (χ1) is 7.06. The van der Waals surface area contributed by atoms with Crippen molar-refractivity contribution in [2.24, 2.45) is 5.92 Å². The van der Waals surface area contributed by atoms with Gasteiger partial charge in [-0.3, -0.25) is 0 Å². The molecule has 0 aromatic carbocycles. The normalized spacial score (nSPS) is 22.7. The molecule has 1 atom stereocenters. The first-order valence-corrected chi connectivity index (χ1v) is 4.84. The Morgan fingerprint density at radius 1 is 1.06 bits per heavy atom. The first kappa shape index (κ1) is 13.6. The minimum atomic E-state index is -4.77. The van der Waals surface area contributed by atoms with Crippen molar-refractivity contribution in [2.75, 3.05) is 6.61 Å². The van der Waals surface area contributed by atoms with E-state index in [0.717, 1.165) is 0 Å². The number of rotatable bonds is 3. The van der Waals surface area contributed by atoms with Crippen molar-refractivity contribution in [2.45, 2.75) is 44.1 Å².